The minimum Gasteiger partial charge on any atom is -0.466 e. The summed E-state index contributed by atoms with van der Waals surface area (Å²) in [5.41, 5.74) is 1.16. The SMILES string of the molecule is CCOC(=O)CCCC(CC=O)c1ccccc1. The molecule has 1 unspecified atom stereocenters. The molecule has 0 amide bonds. The van der Waals surface area contributed by atoms with E-state index in [9.17, 15) is 9.59 Å². The number of carbonyl (C=O) groups excluding carboxylic acids is 2. The van der Waals surface area contributed by atoms with Gasteiger partial charge in [0.25, 0.3) is 0 Å². The highest BCUT2D eigenvalue weighted by Gasteiger charge is 2.11. The van der Waals surface area contributed by atoms with E-state index in [4.69, 9.17) is 4.74 Å². The van der Waals surface area contributed by atoms with Crippen molar-refractivity contribution in [2.75, 3.05) is 6.61 Å². The number of hydrogen-bond acceptors (Lipinski definition) is 3. The van der Waals surface area contributed by atoms with E-state index in [2.05, 4.69) is 0 Å². The normalized spacial score (nSPS) is 11.8. The summed E-state index contributed by atoms with van der Waals surface area (Å²) in [5, 5.41) is 0. The van der Waals surface area contributed by atoms with Gasteiger partial charge in [-0.2, -0.15) is 0 Å². The van der Waals surface area contributed by atoms with Gasteiger partial charge in [0.2, 0.25) is 0 Å². The van der Waals surface area contributed by atoms with Crippen LogP contribution in [0, 0.1) is 0 Å². The van der Waals surface area contributed by atoms with Gasteiger partial charge in [-0.15, -0.1) is 0 Å². The van der Waals surface area contributed by atoms with Crippen molar-refractivity contribution in [3.8, 4) is 0 Å². The van der Waals surface area contributed by atoms with Crippen molar-refractivity contribution < 1.29 is 14.3 Å². The molecule has 1 aromatic rings. The van der Waals surface area contributed by atoms with E-state index < -0.39 is 0 Å². The monoisotopic (exact) mass is 248 g/mol. The number of hydrogen-bond donors (Lipinski definition) is 0. The number of benzene rings is 1. The first-order valence-electron chi connectivity index (χ1n) is 6.42. The summed E-state index contributed by atoms with van der Waals surface area (Å²) in [6, 6.07) is 9.95. The molecule has 18 heavy (non-hydrogen) atoms. The average Bonchev–Trinajstić information content (AvgIpc) is 2.39. The van der Waals surface area contributed by atoms with Crippen molar-refractivity contribution >= 4 is 12.3 Å². The number of esters is 1. The van der Waals surface area contributed by atoms with E-state index in [0.29, 0.717) is 19.4 Å². The summed E-state index contributed by atoms with van der Waals surface area (Å²) in [4.78, 5) is 21.9. The zero-order valence-electron chi connectivity index (χ0n) is 10.8. The summed E-state index contributed by atoms with van der Waals surface area (Å²) < 4.78 is 4.88. The molecule has 0 radical (unpaired) electrons. The molecule has 0 aliphatic rings. The lowest BCUT2D eigenvalue weighted by atomic mass is 9.91. The first kappa shape index (κ1) is 14.4. The van der Waals surface area contributed by atoms with E-state index in [0.717, 1.165) is 24.7 Å². The maximum atomic E-state index is 11.2. The van der Waals surface area contributed by atoms with E-state index in [-0.39, 0.29) is 11.9 Å². The quantitative estimate of drug-likeness (QED) is 0.524. The summed E-state index contributed by atoms with van der Waals surface area (Å²) in [6.07, 6.45) is 3.47. The molecule has 1 atom stereocenters. The van der Waals surface area contributed by atoms with Gasteiger partial charge in [0, 0.05) is 12.8 Å². The zero-order valence-corrected chi connectivity index (χ0v) is 10.8. The van der Waals surface area contributed by atoms with Gasteiger partial charge in [-0.25, -0.2) is 0 Å². The Morgan fingerprint density at radius 2 is 2.06 bits per heavy atom. The Bertz CT molecular complexity index is 359. The van der Waals surface area contributed by atoms with Crippen molar-refractivity contribution in [2.45, 2.75) is 38.5 Å². The Balaban J connectivity index is 2.44. The molecule has 0 N–H and O–H groups in total. The van der Waals surface area contributed by atoms with Crippen molar-refractivity contribution in [3.05, 3.63) is 35.9 Å². The molecule has 3 heteroatoms. The second-order valence-corrected chi connectivity index (χ2v) is 4.21. The molecule has 0 aromatic heterocycles. The molecular formula is C15H20O3. The molecule has 0 aliphatic carbocycles. The predicted octanol–water partition coefficient (Wildman–Crippen LogP) is 3.09. The number of carbonyl (C=O) groups is 2. The molecule has 0 saturated carbocycles. The summed E-state index contributed by atoms with van der Waals surface area (Å²) in [6.45, 7) is 2.23. The Labute approximate surface area is 108 Å². The lowest BCUT2D eigenvalue weighted by Crippen LogP contribution is -2.06. The zero-order chi connectivity index (χ0) is 13.2. The molecule has 0 spiro atoms. The van der Waals surface area contributed by atoms with Crippen LogP contribution < -0.4 is 0 Å². The average molecular weight is 248 g/mol. The molecule has 98 valence electrons. The van der Waals surface area contributed by atoms with Crippen LogP contribution in [0.1, 0.15) is 44.1 Å². The summed E-state index contributed by atoms with van der Waals surface area (Å²) in [7, 11) is 0. The van der Waals surface area contributed by atoms with E-state index >= 15 is 0 Å². The lowest BCUT2D eigenvalue weighted by Gasteiger charge is -2.14. The van der Waals surface area contributed by atoms with Crippen LogP contribution in [0.2, 0.25) is 0 Å². The van der Waals surface area contributed by atoms with Crippen molar-refractivity contribution in [1.82, 2.24) is 0 Å². The van der Waals surface area contributed by atoms with Gasteiger partial charge in [-0.1, -0.05) is 30.3 Å². The third-order valence-corrected chi connectivity index (χ3v) is 2.89. The molecule has 0 bridgehead atoms. The van der Waals surface area contributed by atoms with Crippen LogP contribution in [0.5, 0.6) is 0 Å². The minimum absolute atomic E-state index is 0.157. The topological polar surface area (TPSA) is 43.4 Å². The van der Waals surface area contributed by atoms with Crippen LogP contribution in [-0.2, 0) is 14.3 Å². The van der Waals surface area contributed by atoms with Crippen molar-refractivity contribution in [3.63, 3.8) is 0 Å². The van der Waals surface area contributed by atoms with Gasteiger partial charge in [-0.05, 0) is 31.2 Å². The molecule has 3 nitrogen and oxygen atoms in total. The third kappa shape index (κ3) is 5.13. The first-order valence-corrected chi connectivity index (χ1v) is 6.42. The second-order valence-electron chi connectivity index (χ2n) is 4.21. The largest absolute Gasteiger partial charge is 0.466 e. The van der Waals surface area contributed by atoms with E-state index in [1.165, 1.54) is 0 Å². The third-order valence-electron chi connectivity index (χ3n) is 2.89. The van der Waals surface area contributed by atoms with Crippen molar-refractivity contribution in [2.24, 2.45) is 0 Å². The number of aldehydes is 1. The minimum atomic E-state index is -0.157. The predicted molar refractivity (Wildman–Crippen MR) is 70.3 cm³/mol. The van der Waals surface area contributed by atoms with Crippen LogP contribution in [-0.4, -0.2) is 18.9 Å². The molecule has 1 rings (SSSR count). The van der Waals surface area contributed by atoms with Gasteiger partial charge in [0.1, 0.15) is 6.29 Å². The highest BCUT2D eigenvalue weighted by atomic mass is 16.5. The van der Waals surface area contributed by atoms with Gasteiger partial charge in [0.05, 0.1) is 6.61 Å². The van der Waals surface area contributed by atoms with Crippen molar-refractivity contribution in [1.29, 1.82) is 0 Å². The fourth-order valence-corrected chi connectivity index (χ4v) is 1.99. The molecule has 0 fully saturated rings. The van der Waals surface area contributed by atoms with Gasteiger partial charge < -0.3 is 9.53 Å². The second kappa shape index (κ2) is 8.45. The maximum Gasteiger partial charge on any atom is 0.305 e. The Morgan fingerprint density at radius 3 is 2.67 bits per heavy atom. The van der Waals surface area contributed by atoms with Crippen LogP contribution >= 0.6 is 0 Å². The number of ether oxygens (including phenoxy) is 1. The van der Waals surface area contributed by atoms with Gasteiger partial charge in [0.15, 0.2) is 0 Å². The van der Waals surface area contributed by atoms with Gasteiger partial charge >= 0.3 is 5.97 Å². The van der Waals surface area contributed by atoms with Crippen LogP contribution in [0.15, 0.2) is 30.3 Å². The highest BCUT2D eigenvalue weighted by Crippen LogP contribution is 2.24. The van der Waals surface area contributed by atoms with E-state index in [1.54, 1.807) is 6.92 Å². The van der Waals surface area contributed by atoms with Gasteiger partial charge in [-0.3, -0.25) is 4.79 Å². The summed E-state index contributed by atoms with van der Waals surface area (Å²) in [5.74, 6) is 0.0496. The molecule has 0 saturated heterocycles. The molecule has 0 aliphatic heterocycles. The fraction of sp³-hybridized carbons (Fsp3) is 0.467. The Kier molecular flexibility index (Phi) is 6.77. The Morgan fingerprint density at radius 1 is 1.33 bits per heavy atom. The Hall–Kier alpha value is -1.64. The molecule has 0 heterocycles. The lowest BCUT2D eigenvalue weighted by molar-refractivity contribution is -0.143. The van der Waals surface area contributed by atoms with Crippen LogP contribution in [0.3, 0.4) is 0 Å². The first-order chi connectivity index (χ1) is 8.77. The fourth-order valence-electron chi connectivity index (χ4n) is 1.99. The summed E-state index contributed by atoms with van der Waals surface area (Å²) >= 11 is 0. The van der Waals surface area contributed by atoms with Crippen LogP contribution in [0.25, 0.3) is 0 Å². The molecular weight excluding hydrogens is 228 g/mol. The smallest absolute Gasteiger partial charge is 0.305 e. The van der Waals surface area contributed by atoms with Crippen LogP contribution in [0.4, 0.5) is 0 Å². The number of rotatable bonds is 8. The standard InChI is InChI=1S/C15H20O3/c1-2-18-15(17)10-6-9-14(11-12-16)13-7-4-3-5-8-13/h3-5,7-8,12,14H,2,6,9-11H2,1H3. The highest BCUT2D eigenvalue weighted by molar-refractivity contribution is 5.69. The van der Waals surface area contributed by atoms with E-state index in [1.807, 2.05) is 30.3 Å². The maximum absolute atomic E-state index is 11.2. The molecule has 1 aromatic carbocycles.